The third-order valence-electron chi connectivity index (χ3n) is 3.88. The van der Waals surface area contributed by atoms with E-state index in [1.54, 1.807) is 6.07 Å². The summed E-state index contributed by atoms with van der Waals surface area (Å²) in [6.45, 7) is 3.57. The number of aliphatic carboxylic acids is 1. The van der Waals surface area contributed by atoms with Gasteiger partial charge in [0, 0.05) is 25.2 Å². The lowest BCUT2D eigenvalue weighted by atomic mass is 10.0. The van der Waals surface area contributed by atoms with Crippen LogP contribution in [0.4, 0.5) is 13.2 Å². The van der Waals surface area contributed by atoms with Crippen LogP contribution in [-0.4, -0.2) is 41.1 Å². The zero-order valence-electron chi connectivity index (χ0n) is 12.3. The quantitative estimate of drug-likeness (QED) is 0.875. The molecule has 0 amide bonds. The van der Waals surface area contributed by atoms with Gasteiger partial charge in [0.2, 0.25) is 0 Å². The van der Waals surface area contributed by atoms with Crippen LogP contribution in [0.3, 0.4) is 0 Å². The highest BCUT2D eigenvalue weighted by atomic mass is 19.4. The minimum atomic E-state index is -4.33. The molecule has 0 radical (unpaired) electrons. The van der Waals surface area contributed by atoms with Crippen molar-refractivity contribution in [1.29, 1.82) is 0 Å². The van der Waals surface area contributed by atoms with Gasteiger partial charge in [-0.2, -0.15) is 13.2 Å². The molecule has 0 aliphatic carbocycles. The zero-order valence-corrected chi connectivity index (χ0v) is 12.3. The Morgan fingerprint density at radius 1 is 1.45 bits per heavy atom. The van der Waals surface area contributed by atoms with Crippen molar-refractivity contribution in [2.24, 2.45) is 0 Å². The molecule has 2 N–H and O–H groups in total. The maximum atomic E-state index is 12.7. The SMILES string of the molecule is CC1(NCC(=O)O)CCN(Cc2cccc(C(F)(F)F)c2)C1. The normalized spacial score (nSPS) is 22.9. The van der Waals surface area contributed by atoms with E-state index in [0.29, 0.717) is 18.7 Å². The smallest absolute Gasteiger partial charge is 0.416 e. The molecular formula is C15H19F3N2O2. The van der Waals surface area contributed by atoms with Crippen LogP contribution in [0, 0.1) is 0 Å². The van der Waals surface area contributed by atoms with E-state index in [9.17, 15) is 18.0 Å². The van der Waals surface area contributed by atoms with E-state index < -0.39 is 17.7 Å². The van der Waals surface area contributed by atoms with Gasteiger partial charge < -0.3 is 10.4 Å². The Morgan fingerprint density at radius 3 is 2.82 bits per heavy atom. The highest BCUT2D eigenvalue weighted by molar-refractivity contribution is 5.69. The summed E-state index contributed by atoms with van der Waals surface area (Å²) in [5.41, 5.74) is -0.353. The van der Waals surface area contributed by atoms with Gasteiger partial charge in [0.25, 0.3) is 0 Å². The number of rotatable bonds is 5. The number of nitrogens with one attached hydrogen (secondary N) is 1. The number of carboxylic acid groups (broad SMARTS) is 1. The number of hydrogen-bond acceptors (Lipinski definition) is 3. The first-order valence-electron chi connectivity index (χ1n) is 7.03. The second-order valence-electron chi connectivity index (χ2n) is 5.97. The summed E-state index contributed by atoms with van der Waals surface area (Å²) in [7, 11) is 0. The number of likely N-dealkylation sites (tertiary alicyclic amines) is 1. The highest BCUT2D eigenvalue weighted by Gasteiger charge is 2.34. The van der Waals surface area contributed by atoms with Crippen LogP contribution in [0.1, 0.15) is 24.5 Å². The summed E-state index contributed by atoms with van der Waals surface area (Å²) < 4.78 is 38.1. The fourth-order valence-corrected chi connectivity index (χ4v) is 2.73. The fourth-order valence-electron chi connectivity index (χ4n) is 2.73. The largest absolute Gasteiger partial charge is 0.480 e. The number of carbonyl (C=O) groups is 1. The molecule has 1 aliphatic rings. The van der Waals surface area contributed by atoms with Crippen molar-refractivity contribution >= 4 is 5.97 Å². The lowest BCUT2D eigenvalue weighted by Crippen LogP contribution is -2.46. The molecule has 0 saturated carbocycles. The van der Waals surface area contributed by atoms with Crippen molar-refractivity contribution in [3.05, 3.63) is 35.4 Å². The zero-order chi connectivity index (χ0) is 16.4. The third-order valence-corrected chi connectivity index (χ3v) is 3.88. The molecule has 0 aromatic heterocycles. The van der Waals surface area contributed by atoms with E-state index in [-0.39, 0.29) is 12.1 Å². The highest BCUT2D eigenvalue weighted by Crippen LogP contribution is 2.30. The second-order valence-corrected chi connectivity index (χ2v) is 5.97. The lowest BCUT2D eigenvalue weighted by Gasteiger charge is -2.25. The average Bonchev–Trinajstić information content (AvgIpc) is 2.78. The number of nitrogens with zero attached hydrogens (tertiary/aromatic N) is 1. The van der Waals surface area contributed by atoms with E-state index in [0.717, 1.165) is 19.0 Å². The van der Waals surface area contributed by atoms with Crippen LogP contribution in [0.15, 0.2) is 24.3 Å². The van der Waals surface area contributed by atoms with Crippen molar-refractivity contribution in [3.8, 4) is 0 Å². The molecule has 1 unspecified atom stereocenters. The molecule has 4 nitrogen and oxygen atoms in total. The number of hydrogen-bond donors (Lipinski definition) is 2. The Hall–Kier alpha value is -1.60. The van der Waals surface area contributed by atoms with E-state index in [1.807, 2.05) is 11.8 Å². The molecule has 122 valence electrons. The van der Waals surface area contributed by atoms with Gasteiger partial charge in [-0.15, -0.1) is 0 Å². The van der Waals surface area contributed by atoms with Crippen LogP contribution in [-0.2, 0) is 17.5 Å². The van der Waals surface area contributed by atoms with E-state index >= 15 is 0 Å². The summed E-state index contributed by atoms with van der Waals surface area (Å²) in [4.78, 5) is 12.7. The van der Waals surface area contributed by atoms with Gasteiger partial charge in [-0.05, 0) is 25.0 Å². The number of alkyl halides is 3. The molecule has 1 saturated heterocycles. The van der Waals surface area contributed by atoms with Crippen LogP contribution in [0.2, 0.25) is 0 Å². The van der Waals surface area contributed by atoms with Crippen LogP contribution < -0.4 is 5.32 Å². The van der Waals surface area contributed by atoms with Gasteiger partial charge >= 0.3 is 12.1 Å². The van der Waals surface area contributed by atoms with Gasteiger partial charge in [-0.1, -0.05) is 18.2 Å². The monoisotopic (exact) mass is 316 g/mol. The first kappa shape index (κ1) is 16.8. The summed E-state index contributed by atoms with van der Waals surface area (Å²) in [6.07, 6.45) is -3.57. The molecule has 7 heteroatoms. The van der Waals surface area contributed by atoms with Gasteiger partial charge in [-0.3, -0.25) is 9.69 Å². The fraction of sp³-hybridized carbons (Fsp3) is 0.533. The number of carboxylic acids is 1. The molecule has 1 aliphatic heterocycles. The van der Waals surface area contributed by atoms with Crippen molar-refractivity contribution < 1.29 is 23.1 Å². The molecule has 1 heterocycles. The Labute approximate surface area is 126 Å². The summed E-state index contributed by atoms with van der Waals surface area (Å²) >= 11 is 0. The van der Waals surface area contributed by atoms with Crippen molar-refractivity contribution in [1.82, 2.24) is 10.2 Å². The van der Waals surface area contributed by atoms with Crippen LogP contribution in [0.25, 0.3) is 0 Å². The van der Waals surface area contributed by atoms with Gasteiger partial charge in [0.15, 0.2) is 0 Å². The Balaban J connectivity index is 1.97. The molecular weight excluding hydrogens is 297 g/mol. The predicted octanol–water partition coefficient (Wildman–Crippen LogP) is 2.34. The van der Waals surface area contributed by atoms with Crippen molar-refractivity contribution in [3.63, 3.8) is 0 Å². The van der Waals surface area contributed by atoms with Gasteiger partial charge in [0.1, 0.15) is 0 Å². The first-order chi connectivity index (χ1) is 10.2. The number of benzene rings is 1. The van der Waals surface area contributed by atoms with E-state index in [2.05, 4.69) is 5.32 Å². The third kappa shape index (κ3) is 4.45. The lowest BCUT2D eigenvalue weighted by molar-refractivity contribution is -0.138. The molecule has 2 rings (SSSR count). The molecule has 1 atom stereocenters. The van der Waals surface area contributed by atoms with Crippen molar-refractivity contribution in [2.75, 3.05) is 19.6 Å². The molecule has 1 aromatic rings. The topological polar surface area (TPSA) is 52.6 Å². The molecule has 0 spiro atoms. The maximum Gasteiger partial charge on any atom is 0.416 e. The van der Waals surface area contributed by atoms with Crippen LogP contribution >= 0.6 is 0 Å². The summed E-state index contributed by atoms with van der Waals surface area (Å²) in [6, 6.07) is 5.32. The number of halogens is 3. The summed E-state index contributed by atoms with van der Waals surface area (Å²) in [5, 5.41) is 11.7. The van der Waals surface area contributed by atoms with Gasteiger partial charge in [0.05, 0.1) is 12.1 Å². The summed E-state index contributed by atoms with van der Waals surface area (Å²) in [5.74, 6) is -0.919. The van der Waals surface area contributed by atoms with Crippen molar-refractivity contribution in [2.45, 2.75) is 31.6 Å². The predicted molar refractivity (Wildman–Crippen MR) is 75.4 cm³/mol. The Morgan fingerprint density at radius 2 is 2.18 bits per heavy atom. The Kier molecular flexibility index (Phi) is 4.77. The second kappa shape index (κ2) is 6.26. The molecule has 22 heavy (non-hydrogen) atoms. The maximum absolute atomic E-state index is 12.7. The minimum absolute atomic E-state index is 0.117. The first-order valence-corrected chi connectivity index (χ1v) is 7.03. The van der Waals surface area contributed by atoms with E-state index in [1.165, 1.54) is 12.1 Å². The van der Waals surface area contributed by atoms with Crippen LogP contribution in [0.5, 0.6) is 0 Å². The Bertz CT molecular complexity index is 548. The molecule has 1 fully saturated rings. The molecule has 1 aromatic carbocycles. The average molecular weight is 316 g/mol. The van der Waals surface area contributed by atoms with Gasteiger partial charge in [-0.25, -0.2) is 0 Å². The molecule has 0 bridgehead atoms. The standard InChI is InChI=1S/C15H19F3N2O2/c1-14(19-8-13(21)22)5-6-20(10-14)9-11-3-2-4-12(7-11)15(16,17)18/h2-4,7,19H,5-6,8-10H2,1H3,(H,21,22). The van der Waals surface area contributed by atoms with E-state index in [4.69, 9.17) is 5.11 Å². The minimum Gasteiger partial charge on any atom is -0.480 e.